The maximum atomic E-state index is 11.6. The number of likely N-dealkylation sites (N-methyl/N-ethyl adjacent to an activating group) is 1. The molecule has 1 aromatic carbocycles. The Morgan fingerprint density at radius 1 is 1.41 bits per heavy atom. The molecule has 0 bridgehead atoms. The van der Waals surface area contributed by atoms with Gasteiger partial charge in [-0.05, 0) is 6.07 Å². The van der Waals surface area contributed by atoms with Crippen molar-refractivity contribution in [2.45, 2.75) is 12.2 Å². The van der Waals surface area contributed by atoms with Gasteiger partial charge in [0.25, 0.3) is 11.6 Å². The van der Waals surface area contributed by atoms with Gasteiger partial charge in [-0.25, -0.2) is 0 Å². The van der Waals surface area contributed by atoms with Crippen LogP contribution in [0.5, 0.6) is 0 Å². The van der Waals surface area contributed by atoms with Crippen molar-refractivity contribution in [3.63, 3.8) is 0 Å². The Morgan fingerprint density at radius 3 is 2.65 bits per heavy atom. The third kappa shape index (κ3) is 2.12. The Kier molecular flexibility index (Phi) is 2.81. The first-order valence-corrected chi connectivity index (χ1v) is 5.12. The predicted octanol–water partition coefficient (Wildman–Crippen LogP) is 1.12. The molecule has 0 spiro atoms. The SMILES string of the molecule is CN(C)C(=O)[C@@H]1O[C@H]1c1ccccc1[N+](=O)[O-]. The van der Waals surface area contributed by atoms with Crippen LogP contribution in [0.2, 0.25) is 0 Å². The molecule has 1 aliphatic heterocycles. The Balaban J connectivity index is 2.21. The van der Waals surface area contributed by atoms with Gasteiger partial charge < -0.3 is 9.64 Å². The lowest BCUT2D eigenvalue weighted by Crippen LogP contribution is -2.26. The molecule has 1 amide bonds. The van der Waals surface area contributed by atoms with E-state index in [4.69, 9.17) is 4.74 Å². The van der Waals surface area contributed by atoms with Gasteiger partial charge in [0.05, 0.1) is 10.5 Å². The molecule has 6 nitrogen and oxygen atoms in total. The molecule has 2 atom stereocenters. The van der Waals surface area contributed by atoms with E-state index in [-0.39, 0.29) is 11.6 Å². The molecule has 1 aliphatic rings. The zero-order chi connectivity index (χ0) is 12.6. The lowest BCUT2D eigenvalue weighted by molar-refractivity contribution is -0.385. The Morgan fingerprint density at radius 2 is 2.06 bits per heavy atom. The summed E-state index contributed by atoms with van der Waals surface area (Å²) in [4.78, 5) is 23.4. The molecular formula is C11H12N2O4. The van der Waals surface area contributed by atoms with E-state index in [1.54, 1.807) is 32.3 Å². The van der Waals surface area contributed by atoms with E-state index in [9.17, 15) is 14.9 Å². The van der Waals surface area contributed by atoms with E-state index in [2.05, 4.69) is 0 Å². The molecule has 90 valence electrons. The quantitative estimate of drug-likeness (QED) is 0.447. The lowest BCUT2D eigenvalue weighted by Gasteiger charge is -2.06. The molecule has 17 heavy (non-hydrogen) atoms. The number of ether oxygens (including phenoxy) is 1. The highest BCUT2D eigenvalue weighted by Crippen LogP contribution is 2.43. The van der Waals surface area contributed by atoms with Gasteiger partial charge in [0.15, 0.2) is 6.10 Å². The molecule has 1 heterocycles. The summed E-state index contributed by atoms with van der Waals surface area (Å²) < 4.78 is 5.22. The first-order chi connectivity index (χ1) is 8.02. The predicted molar refractivity (Wildman–Crippen MR) is 59.4 cm³/mol. The zero-order valence-electron chi connectivity index (χ0n) is 9.49. The fourth-order valence-corrected chi connectivity index (χ4v) is 1.69. The Bertz CT molecular complexity index is 472. The number of hydrogen-bond acceptors (Lipinski definition) is 4. The number of amides is 1. The molecule has 0 saturated carbocycles. The van der Waals surface area contributed by atoms with Gasteiger partial charge in [-0.2, -0.15) is 0 Å². The molecule has 0 aromatic heterocycles. The van der Waals surface area contributed by atoms with Crippen LogP contribution in [-0.4, -0.2) is 35.9 Å². The van der Waals surface area contributed by atoms with Crippen LogP contribution >= 0.6 is 0 Å². The molecule has 1 fully saturated rings. The first kappa shape index (κ1) is 11.5. The van der Waals surface area contributed by atoms with E-state index in [0.29, 0.717) is 5.56 Å². The van der Waals surface area contributed by atoms with Gasteiger partial charge in [0.2, 0.25) is 0 Å². The number of nitro groups is 1. The van der Waals surface area contributed by atoms with Crippen LogP contribution in [0.1, 0.15) is 11.7 Å². The first-order valence-electron chi connectivity index (χ1n) is 5.12. The van der Waals surface area contributed by atoms with Gasteiger partial charge in [-0.15, -0.1) is 0 Å². The zero-order valence-corrected chi connectivity index (χ0v) is 9.49. The molecule has 2 rings (SSSR count). The van der Waals surface area contributed by atoms with E-state index < -0.39 is 17.1 Å². The lowest BCUT2D eigenvalue weighted by atomic mass is 10.1. The van der Waals surface area contributed by atoms with Crippen molar-refractivity contribution in [2.24, 2.45) is 0 Å². The molecule has 1 aromatic rings. The summed E-state index contributed by atoms with van der Waals surface area (Å²) in [5.74, 6) is -0.173. The van der Waals surface area contributed by atoms with E-state index in [0.717, 1.165) is 0 Å². The van der Waals surface area contributed by atoms with Crippen LogP contribution in [0.25, 0.3) is 0 Å². The van der Waals surface area contributed by atoms with Gasteiger partial charge >= 0.3 is 0 Å². The highest BCUT2D eigenvalue weighted by Gasteiger charge is 2.49. The van der Waals surface area contributed by atoms with Crippen LogP contribution in [-0.2, 0) is 9.53 Å². The average molecular weight is 236 g/mol. The standard InChI is InChI=1S/C11H12N2O4/c1-12(2)11(14)10-9(17-10)7-5-3-4-6-8(7)13(15)16/h3-6,9-10H,1-2H3/t9-,10+/m0/s1. The summed E-state index contributed by atoms with van der Waals surface area (Å²) >= 11 is 0. The fourth-order valence-electron chi connectivity index (χ4n) is 1.69. The summed E-state index contributed by atoms with van der Waals surface area (Å²) in [7, 11) is 3.25. The largest absolute Gasteiger partial charge is 0.354 e. The second kappa shape index (κ2) is 4.14. The number of benzene rings is 1. The van der Waals surface area contributed by atoms with Crippen LogP contribution in [0, 0.1) is 10.1 Å². The number of carbonyl (C=O) groups is 1. The normalized spacial score (nSPS) is 22.0. The minimum absolute atomic E-state index is 0.00782. The summed E-state index contributed by atoms with van der Waals surface area (Å²) in [5.41, 5.74) is 0.448. The van der Waals surface area contributed by atoms with Gasteiger partial charge in [-0.1, -0.05) is 12.1 Å². The van der Waals surface area contributed by atoms with Gasteiger partial charge in [-0.3, -0.25) is 14.9 Å². The van der Waals surface area contributed by atoms with Crippen molar-refractivity contribution in [1.82, 2.24) is 4.90 Å². The molecule has 1 saturated heterocycles. The minimum Gasteiger partial charge on any atom is -0.354 e. The topological polar surface area (TPSA) is 76.0 Å². The average Bonchev–Trinajstić information content (AvgIpc) is 3.07. The Labute approximate surface area is 97.9 Å². The molecular weight excluding hydrogens is 224 g/mol. The summed E-state index contributed by atoms with van der Waals surface area (Å²) in [5, 5.41) is 10.8. The highest BCUT2D eigenvalue weighted by atomic mass is 16.6. The number of nitrogens with zero attached hydrogens (tertiary/aromatic N) is 2. The van der Waals surface area contributed by atoms with Crippen molar-refractivity contribution >= 4 is 11.6 Å². The van der Waals surface area contributed by atoms with Crippen molar-refractivity contribution in [3.8, 4) is 0 Å². The molecule has 0 unspecified atom stereocenters. The maximum absolute atomic E-state index is 11.6. The van der Waals surface area contributed by atoms with Crippen molar-refractivity contribution in [2.75, 3.05) is 14.1 Å². The van der Waals surface area contributed by atoms with Crippen LogP contribution < -0.4 is 0 Å². The highest BCUT2D eigenvalue weighted by molar-refractivity contribution is 5.84. The number of rotatable bonds is 3. The van der Waals surface area contributed by atoms with Crippen molar-refractivity contribution in [3.05, 3.63) is 39.9 Å². The Hall–Kier alpha value is -1.95. The second-order valence-electron chi connectivity index (χ2n) is 4.03. The number of epoxide rings is 1. The van der Waals surface area contributed by atoms with Crippen molar-refractivity contribution < 1.29 is 14.5 Å². The fraction of sp³-hybridized carbons (Fsp3) is 0.364. The number of para-hydroxylation sites is 1. The number of nitro benzene ring substituents is 1. The number of hydrogen-bond donors (Lipinski definition) is 0. The second-order valence-corrected chi connectivity index (χ2v) is 4.03. The van der Waals surface area contributed by atoms with Gasteiger partial charge in [0, 0.05) is 20.2 Å². The summed E-state index contributed by atoms with van der Waals surface area (Å²) in [6.07, 6.45) is -1.09. The van der Waals surface area contributed by atoms with E-state index >= 15 is 0 Å². The van der Waals surface area contributed by atoms with Crippen LogP contribution in [0.3, 0.4) is 0 Å². The molecule has 0 N–H and O–H groups in total. The van der Waals surface area contributed by atoms with E-state index in [1.807, 2.05) is 0 Å². The molecule has 6 heteroatoms. The number of carbonyl (C=O) groups excluding carboxylic acids is 1. The molecule has 0 radical (unpaired) electrons. The van der Waals surface area contributed by atoms with Crippen LogP contribution in [0.4, 0.5) is 5.69 Å². The minimum atomic E-state index is -0.592. The van der Waals surface area contributed by atoms with Crippen molar-refractivity contribution in [1.29, 1.82) is 0 Å². The summed E-state index contributed by atoms with van der Waals surface area (Å²) in [6, 6.07) is 6.31. The maximum Gasteiger partial charge on any atom is 0.275 e. The smallest absolute Gasteiger partial charge is 0.275 e. The molecule has 0 aliphatic carbocycles. The monoisotopic (exact) mass is 236 g/mol. The van der Waals surface area contributed by atoms with Gasteiger partial charge in [0.1, 0.15) is 6.10 Å². The third-order valence-corrected chi connectivity index (χ3v) is 2.62. The van der Waals surface area contributed by atoms with Crippen LogP contribution in [0.15, 0.2) is 24.3 Å². The third-order valence-electron chi connectivity index (χ3n) is 2.62. The summed E-state index contributed by atoms with van der Waals surface area (Å²) in [6.45, 7) is 0. The van der Waals surface area contributed by atoms with E-state index in [1.165, 1.54) is 11.0 Å².